The number of anilines is 1. The molecule has 0 saturated carbocycles. The van der Waals surface area contributed by atoms with Crippen molar-refractivity contribution in [3.8, 4) is 11.4 Å². The van der Waals surface area contributed by atoms with Gasteiger partial charge in [-0.1, -0.05) is 17.3 Å². The van der Waals surface area contributed by atoms with Gasteiger partial charge in [-0.15, -0.1) is 0 Å². The number of nitrogens with one attached hydrogen (secondary N) is 1. The molecule has 0 aliphatic carbocycles. The average Bonchev–Trinajstić information content (AvgIpc) is 3.35. The van der Waals surface area contributed by atoms with E-state index in [9.17, 15) is 18.0 Å². The molecule has 0 atom stereocenters. The van der Waals surface area contributed by atoms with Crippen LogP contribution in [-0.2, 0) is 11.3 Å². The predicted octanol–water partition coefficient (Wildman–Crippen LogP) is 4.33. The largest absolute Gasteiger partial charge is 0.411 e. The number of carbonyl (C=O) groups is 1. The Morgan fingerprint density at radius 3 is 2.81 bits per heavy atom. The first-order valence-corrected chi connectivity index (χ1v) is 9.53. The third-order valence-electron chi connectivity index (χ3n) is 4.60. The lowest BCUT2D eigenvalue weighted by atomic mass is 10.1. The molecule has 11 heteroatoms. The number of hydrogen-bond acceptors (Lipinski definition) is 6. The van der Waals surface area contributed by atoms with Crippen LogP contribution in [0.5, 0.6) is 0 Å². The highest BCUT2D eigenvalue weighted by Crippen LogP contribution is 2.25. The second kappa shape index (κ2) is 8.42. The van der Waals surface area contributed by atoms with Crippen molar-refractivity contribution in [2.24, 2.45) is 0 Å². The standard InChI is InChI=1S/C21H18F3N5O3/c1-12-5-6-29-16(9-25-17(29)7-12)20(30)26-15-8-14(4-3-13(15)2)19-27-18(32-28-19)10-31-11-21(22,23)24/h3-9H,10-11H2,1-2H3,(H,26,30). The number of alkyl halides is 3. The number of rotatable bonds is 6. The third-order valence-corrected chi connectivity index (χ3v) is 4.60. The molecule has 166 valence electrons. The normalized spacial score (nSPS) is 11.8. The number of halogens is 3. The lowest BCUT2D eigenvalue weighted by molar-refractivity contribution is -0.178. The molecule has 1 N–H and O–H groups in total. The van der Waals surface area contributed by atoms with E-state index in [-0.39, 0.29) is 17.6 Å². The summed E-state index contributed by atoms with van der Waals surface area (Å²) in [6.07, 6.45) is -1.17. The molecule has 0 saturated heterocycles. The van der Waals surface area contributed by atoms with Gasteiger partial charge in [0.15, 0.2) is 0 Å². The average molecular weight is 445 g/mol. The van der Waals surface area contributed by atoms with Gasteiger partial charge in [0.1, 0.15) is 24.6 Å². The molecule has 4 rings (SSSR count). The number of carbonyl (C=O) groups excluding carboxylic acids is 1. The monoisotopic (exact) mass is 445 g/mol. The van der Waals surface area contributed by atoms with Gasteiger partial charge in [0.05, 0.1) is 6.20 Å². The van der Waals surface area contributed by atoms with Crippen LogP contribution < -0.4 is 5.32 Å². The third kappa shape index (κ3) is 4.78. The molecule has 0 unspecified atom stereocenters. The van der Waals surface area contributed by atoms with Crippen LogP contribution in [0.3, 0.4) is 0 Å². The quantitative estimate of drug-likeness (QED) is 0.475. The zero-order valence-corrected chi connectivity index (χ0v) is 17.1. The molecule has 0 aliphatic heterocycles. The fourth-order valence-corrected chi connectivity index (χ4v) is 3.02. The Morgan fingerprint density at radius 2 is 2.03 bits per heavy atom. The number of amides is 1. The summed E-state index contributed by atoms with van der Waals surface area (Å²) in [7, 11) is 0. The van der Waals surface area contributed by atoms with Gasteiger partial charge >= 0.3 is 6.18 Å². The molecule has 0 radical (unpaired) electrons. The number of hydrogen-bond donors (Lipinski definition) is 1. The van der Waals surface area contributed by atoms with Gasteiger partial charge in [-0.2, -0.15) is 18.2 Å². The summed E-state index contributed by atoms with van der Waals surface area (Å²) in [5.41, 5.74) is 3.90. The molecule has 4 aromatic rings. The number of pyridine rings is 1. The Kier molecular flexibility index (Phi) is 5.66. The summed E-state index contributed by atoms with van der Waals surface area (Å²) in [4.78, 5) is 21.2. The maximum absolute atomic E-state index is 12.8. The fourth-order valence-electron chi connectivity index (χ4n) is 3.02. The van der Waals surface area contributed by atoms with E-state index in [0.29, 0.717) is 22.6 Å². The van der Waals surface area contributed by atoms with Crippen molar-refractivity contribution in [1.29, 1.82) is 0 Å². The van der Waals surface area contributed by atoms with Crippen LogP contribution in [0.1, 0.15) is 27.5 Å². The Labute approximate surface area is 180 Å². The SMILES string of the molecule is Cc1ccn2c(C(=O)Nc3cc(-c4noc(COCC(F)(F)F)n4)ccc3C)cnc2c1. The van der Waals surface area contributed by atoms with Gasteiger partial charge < -0.3 is 14.6 Å². The van der Waals surface area contributed by atoms with E-state index in [2.05, 4.69) is 25.2 Å². The first-order chi connectivity index (χ1) is 15.2. The molecular weight excluding hydrogens is 427 g/mol. The number of aryl methyl sites for hydroxylation is 2. The summed E-state index contributed by atoms with van der Waals surface area (Å²) in [6, 6.07) is 8.89. The number of benzene rings is 1. The minimum atomic E-state index is -4.44. The van der Waals surface area contributed by atoms with Gasteiger partial charge in [0, 0.05) is 17.4 Å². The van der Waals surface area contributed by atoms with Crippen LogP contribution in [0.25, 0.3) is 17.0 Å². The molecule has 3 aromatic heterocycles. The van der Waals surface area contributed by atoms with Gasteiger partial charge in [0.2, 0.25) is 5.82 Å². The van der Waals surface area contributed by atoms with Gasteiger partial charge in [-0.05, 0) is 43.2 Å². The van der Waals surface area contributed by atoms with E-state index < -0.39 is 19.4 Å². The van der Waals surface area contributed by atoms with Crippen LogP contribution in [0.4, 0.5) is 18.9 Å². The van der Waals surface area contributed by atoms with E-state index in [1.165, 1.54) is 6.20 Å². The van der Waals surface area contributed by atoms with E-state index >= 15 is 0 Å². The number of ether oxygens (including phenoxy) is 1. The summed E-state index contributed by atoms with van der Waals surface area (Å²) in [5.74, 6) is -0.274. The highest BCUT2D eigenvalue weighted by atomic mass is 19.4. The van der Waals surface area contributed by atoms with Crippen molar-refractivity contribution in [3.05, 3.63) is 65.4 Å². The fraction of sp³-hybridized carbons (Fsp3) is 0.238. The second-order valence-corrected chi connectivity index (χ2v) is 7.18. The van der Waals surface area contributed by atoms with E-state index in [1.807, 2.05) is 26.0 Å². The lowest BCUT2D eigenvalue weighted by Gasteiger charge is -2.09. The van der Waals surface area contributed by atoms with E-state index in [1.54, 1.807) is 28.8 Å². The highest BCUT2D eigenvalue weighted by Gasteiger charge is 2.27. The topological polar surface area (TPSA) is 94.5 Å². The molecular formula is C21H18F3N5O3. The van der Waals surface area contributed by atoms with Crippen molar-refractivity contribution in [2.75, 3.05) is 11.9 Å². The Bertz CT molecular complexity index is 1280. The lowest BCUT2D eigenvalue weighted by Crippen LogP contribution is -2.16. The first kappa shape index (κ1) is 21.5. The van der Waals surface area contributed by atoms with Gasteiger partial charge in [-0.3, -0.25) is 9.20 Å². The van der Waals surface area contributed by atoms with Crippen LogP contribution in [-0.4, -0.2) is 38.2 Å². The number of fused-ring (bicyclic) bond motifs is 1. The highest BCUT2D eigenvalue weighted by molar-refractivity contribution is 6.04. The number of imidazole rings is 1. The molecule has 32 heavy (non-hydrogen) atoms. The first-order valence-electron chi connectivity index (χ1n) is 9.53. The molecule has 0 spiro atoms. The van der Waals surface area contributed by atoms with Gasteiger partial charge in [-0.25, -0.2) is 4.98 Å². The van der Waals surface area contributed by atoms with Crippen LogP contribution >= 0.6 is 0 Å². The Balaban J connectivity index is 1.51. The summed E-state index contributed by atoms with van der Waals surface area (Å²) >= 11 is 0. The van der Waals surface area contributed by atoms with E-state index in [0.717, 1.165) is 11.1 Å². The van der Waals surface area contributed by atoms with Crippen molar-refractivity contribution in [1.82, 2.24) is 19.5 Å². The zero-order valence-electron chi connectivity index (χ0n) is 17.1. The van der Waals surface area contributed by atoms with E-state index in [4.69, 9.17) is 4.52 Å². The molecule has 8 nitrogen and oxygen atoms in total. The minimum absolute atomic E-state index is 0.0866. The summed E-state index contributed by atoms with van der Waals surface area (Å²) in [6.45, 7) is 1.89. The summed E-state index contributed by atoms with van der Waals surface area (Å²) < 4.78 is 47.7. The van der Waals surface area contributed by atoms with Gasteiger partial charge in [0.25, 0.3) is 11.8 Å². The van der Waals surface area contributed by atoms with Crippen LogP contribution in [0, 0.1) is 13.8 Å². The Hall–Kier alpha value is -3.73. The smallest absolute Gasteiger partial charge is 0.362 e. The molecule has 0 bridgehead atoms. The van der Waals surface area contributed by atoms with Crippen molar-refractivity contribution < 1.29 is 27.2 Å². The molecule has 1 aromatic carbocycles. The predicted molar refractivity (Wildman–Crippen MR) is 108 cm³/mol. The molecule has 1 amide bonds. The maximum atomic E-state index is 12.8. The second-order valence-electron chi connectivity index (χ2n) is 7.18. The molecule has 0 fully saturated rings. The molecule has 0 aliphatic rings. The minimum Gasteiger partial charge on any atom is -0.362 e. The Morgan fingerprint density at radius 1 is 1.22 bits per heavy atom. The van der Waals surface area contributed by atoms with Crippen molar-refractivity contribution >= 4 is 17.2 Å². The summed E-state index contributed by atoms with van der Waals surface area (Å²) in [5, 5.41) is 6.63. The van der Waals surface area contributed by atoms with Crippen molar-refractivity contribution in [3.63, 3.8) is 0 Å². The molecule has 3 heterocycles. The van der Waals surface area contributed by atoms with Crippen molar-refractivity contribution in [2.45, 2.75) is 26.6 Å². The van der Waals surface area contributed by atoms with Crippen LogP contribution in [0.15, 0.2) is 47.2 Å². The maximum Gasteiger partial charge on any atom is 0.411 e. The number of nitrogens with zero attached hydrogens (tertiary/aromatic N) is 4. The van der Waals surface area contributed by atoms with Crippen LogP contribution in [0.2, 0.25) is 0 Å². The number of aromatic nitrogens is 4. The zero-order chi connectivity index (χ0) is 22.9.